The third-order valence-electron chi connectivity index (χ3n) is 15.2. The van der Waals surface area contributed by atoms with Crippen LogP contribution < -0.4 is 15.9 Å². The Bertz CT molecular complexity index is 3700. The van der Waals surface area contributed by atoms with Crippen LogP contribution in [0.1, 0.15) is 104 Å². The fraction of sp³-hybridized carbons (Fsp3) is 0.254. The first kappa shape index (κ1) is 38.0. The molecule has 3 aromatic heterocycles. The maximum Gasteiger partial charge on any atom is 0.375 e. The summed E-state index contributed by atoms with van der Waals surface area (Å²) >= 11 is 0. The Morgan fingerprint density at radius 2 is 1.14 bits per heavy atom. The molecule has 314 valence electrons. The molecule has 0 saturated carbocycles. The Balaban J connectivity index is 1.18. The third-order valence-corrected chi connectivity index (χ3v) is 15.2. The lowest BCUT2D eigenvalue weighted by Gasteiger charge is -2.41. The van der Waals surface area contributed by atoms with E-state index >= 15 is 0 Å². The van der Waals surface area contributed by atoms with E-state index in [9.17, 15) is 0 Å². The van der Waals surface area contributed by atoms with E-state index in [1.165, 1.54) is 77.5 Å². The third kappa shape index (κ3) is 4.91. The number of nitrogens with zero attached hydrogens (tertiary/aromatic N) is 2. The van der Waals surface area contributed by atoms with E-state index in [1.54, 1.807) is 0 Å². The van der Waals surface area contributed by atoms with Gasteiger partial charge in [-0.15, -0.1) is 0 Å². The van der Waals surface area contributed by atoms with Crippen LogP contribution in [-0.4, -0.2) is 11.4 Å². The minimum absolute atomic E-state index is 0.0204. The minimum atomic E-state index is -0.231. The molecule has 5 heteroatoms. The molecule has 7 aromatic carbocycles. The molecule has 0 unspecified atom stereocenters. The molecule has 0 spiro atoms. The number of rotatable bonds is 1. The number of aromatic nitrogens is 1. The van der Waals surface area contributed by atoms with Crippen molar-refractivity contribution in [2.24, 2.45) is 0 Å². The van der Waals surface area contributed by atoms with E-state index in [2.05, 4.69) is 207 Å². The number of anilines is 2. The second-order valence-electron chi connectivity index (χ2n) is 22.6. The predicted octanol–water partition coefficient (Wildman–Crippen LogP) is 14.9. The second-order valence-corrected chi connectivity index (χ2v) is 22.6. The van der Waals surface area contributed by atoms with Crippen LogP contribution in [0.4, 0.5) is 11.4 Å². The van der Waals surface area contributed by atoms with Crippen molar-refractivity contribution in [3.8, 4) is 27.9 Å². The van der Waals surface area contributed by atoms with Crippen molar-refractivity contribution in [3.63, 3.8) is 0 Å². The lowest BCUT2D eigenvalue weighted by Crippen LogP contribution is -2.60. The van der Waals surface area contributed by atoms with Crippen LogP contribution in [-0.2, 0) is 21.7 Å². The van der Waals surface area contributed by atoms with Crippen molar-refractivity contribution >= 4 is 84.1 Å². The summed E-state index contributed by atoms with van der Waals surface area (Å²) in [7, 11) is 0. The average Bonchev–Trinajstić information content (AvgIpc) is 3.97. The van der Waals surface area contributed by atoms with Crippen molar-refractivity contribution in [2.75, 3.05) is 4.81 Å². The normalized spacial score (nSPS) is 15.2. The van der Waals surface area contributed by atoms with Crippen LogP contribution in [0, 0.1) is 0 Å². The largest absolute Gasteiger partial charge is 0.466 e. The first-order valence-electron chi connectivity index (χ1n) is 23.1. The van der Waals surface area contributed by atoms with Gasteiger partial charge in [0.05, 0.1) is 16.7 Å². The van der Waals surface area contributed by atoms with Gasteiger partial charge in [-0.1, -0.05) is 143 Å². The van der Waals surface area contributed by atoms with Crippen LogP contribution in [0.2, 0.25) is 0 Å². The summed E-state index contributed by atoms with van der Waals surface area (Å²) in [5.74, 6) is 0. The van der Waals surface area contributed by atoms with E-state index in [1.807, 2.05) is 0 Å². The van der Waals surface area contributed by atoms with Crippen LogP contribution in [0.3, 0.4) is 0 Å². The standard InChI is InChI=1S/C59H53BN2O2/c1-56(2,3)32-16-20-35(21-17-32)62-48-30-46-40(36-22-18-34(58(7,8)9)27-45(36)59(46,10)11)28-41(48)38-23-24-39-42-29-43-37-14-12-13-15-49(37)63-51(43)31-47(42)61-53(39)52(38)60(62)55-54(61)44-26-33(57(4,5)6)19-25-50(44)64-55/h12-31H,1-11H3. The monoisotopic (exact) mass is 832 g/mol. The van der Waals surface area contributed by atoms with Gasteiger partial charge in [-0.2, -0.15) is 0 Å². The number of fused-ring (bicyclic) bond motifs is 16. The summed E-state index contributed by atoms with van der Waals surface area (Å²) in [6.07, 6.45) is 0. The quantitative estimate of drug-likeness (QED) is 0.155. The highest BCUT2D eigenvalue weighted by Crippen LogP contribution is 2.55. The van der Waals surface area contributed by atoms with Gasteiger partial charge in [0.2, 0.25) is 0 Å². The van der Waals surface area contributed by atoms with Gasteiger partial charge in [0.15, 0.2) is 0 Å². The van der Waals surface area contributed by atoms with Gasteiger partial charge in [-0.25, -0.2) is 0 Å². The number of para-hydroxylation sites is 1. The molecule has 1 aliphatic carbocycles. The summed E-state index contributed by atoms with van der Waals surface area (Å²) in [6.45, 7) is 25.4. The summed E-state index contributed by atoms with van der Waals surface area (Å²) < 4.78 is 16.5. The topological polar surface area (TPSA) is 34.5 Å². The molecule has 3 aliphatic rings. The van der Waals surface area contributed by atoms with Crippen LogP contribution in [0.15, 0.2) is 130 Å². The molecular formula is C59H53BN2O2. The van der Waals surface area contributed by atoms with Crippen molar-refractivity contribution in [3.05, 3.63) is 149 Å². The van der Waals surface area contributed by atoms with Gasteiger partial charge >= 0.3 is 6.85 Å². The first-order chi connectivity index (χ1) is 30.4. The number of furan rings is 2. The van der Waals surface area contributed by atoms with E-state index in [0.717, 1.165) is 55.5 Å². The number of benzene rings is 7. The van der Waals surface area contributed by atoms with Crippen molar-refractivity contribution in [1.29, 1.82) is 0 Å². The van der Waals surface area contributed by atoms with E-state index in [0.29, 0.717) is 0 Å². The molecule has 0 amide bonds. The first-order valence-corrected chi connectivity index (χ1v) is 23.1. The Morgan fingerprint density at radius 3 is 1.89 bits per heavy atom. The zero-order chi connectivity index (χ0) is 44.1. The molecule has 2 aliphatic heterocycles. The van der Waals surface area contributed by atoms with Gasteiger partial charge in [0.25, 0.3) is 0 Å². The zero-order valence-electron chi connectivity index (χ0n) is 38.8. The lowest BCUT2D eigenvalue weighted by molar-refractivity contribution is 0.584. The molecule has 5 heterocycles. The highest BCUT2D eigenvalue weighted by atomic mass is 16.3. The van der Waals surface area contributed by atoms with Gasteiger partial charge in [0.1, 0.15) is 22.4 Å². The smallest absolute Gasteiger partial charge is 0.375 e. The Labute approximate surface area is 375 Å². The number of hydrogen-bond acceptors (Lipinski definition) is 3. The summed E-state index contributed by atoms with van der Waals surface area (Å²) in [6, 6.07) is 46.4. The van der Waals surface area contributed by atoms with Crippen molar-refractivity contribution < 1.29 is 8.83 Å². The molecule has 0 N–H and O–H groups in total. The molecule has 4 nitrogen and oxygen atoms in total. The highest BCUT2D eigenvalue weighted by Gasteiger charge is 2.49. The van der Waals surface area contributed by atoms with Crippen LogP contribution in [0.25, 0.3) is 82.7 Å². The van der Waals surface area contributed by atoms with E-state index in [4.69, 9.17) is 8.83 Å². The van der Waals surface area contributed by atoms with Crippen LogP contribution in [0.5, 0.6) is 0 Å². The SMILES string of the molecule is CC(C)(C)c1ccc(N2B3c4oc5ccc(C(C)(C)C)cc5c4-n4c5cc6oc7ccccc7c6cc5c5ccc(c3c54)-c3cc4c(cc32)C(C)(C)c2cc(C(C)(C)C)ccc2-4)cc1. The summed E-state index contributed by atoms with van der Waals surface area (Å²) in [5.41, 5.74) is 22.6. The molecule has 13 rings (SSSR count). The molecule has 10 aromatic rings. The molecule has 64 heavy (non-hydrogen) atoms. The Morgan fingerprint density at radius 1 is 0.484 bits per heavy atom. The lowest BCUT2D eigenvalue weighted by atomic mass is 9.46. The Hall–Kier alpha value is -6.46. The maximum absolute atomic E-state index is 7.38. The van der Waals surface area contributed by atoms with E-state index in [-0.39, 0.29) is 28.5 Å². The fourth-order valence-corrected chi connectivity index (χ4v) is 11.7. The Kier molecular flexibility index (Phi) is 7.14. The van der Waals surface area contributed by atoms with Gasteiger partial charge in [-0.3, -0.25) is 0 Å². The highest BCUT2D eigenvalue weighted by molar-refractivity contribution is 6.93. The molecule has 0 radical (unpaired) electrons. The van der Waals surface area contributed by atoms with Gasteiger partial charge < -0.3 is 18.2 Å². The summed E-state index contributed by atoms with van der Waals surface area (Å²) in [4.78, 5) is 2.62. The average molecular weight is 833 g/mol. The van der Waals surface area contributed by atoms with E-state index < -0.39 is 0 Å². The van der Waals surface area contributed by atoms with Crippen molar-refractivity contribution in [1.82, 2.24) is 4.57 Å². The zero-order valence-corrected chi connectivity index (χ0v) is 38.8. The van der Waals surface area contributed by atoms with Crippen LogP contribution >= 0.6 is 0 Å². The molecule has 0 atom stereocenters. The predicted molar refractivity (Wildman–Crippen MR) is 271 cm³/mol. The second kappa shape index (κ2) is 12.0. The maximum atomic E-state index is 7.38. The molecule has 0 saturated heterocycles. The fourth-order valence-electron chi connectivity index (χ4n) is 11.7. The molecule has 0 fully saturated rings. The van der Waals surface area contributed by atoms with Crippen molar-refractivity contribution in [2.45, 2.75) is 97.8 Å². The molecular weight excluding hydrogens is 779 g/mol. The molecule has 0 bridgehead atoms. The minimum Gasteiger partial charge on any atom is -0.466 e. The summed E-state index contributed by atoms with van der Waals surface area (Å²) in [5, 5.41) is 5.87. The van der Waals surface area contributed by atoms with Gasteiger partial charge in [0, 0.05) is 55.4 Å². The number of hydrogen-bond donors (Lipinski definition) is 0. The van der Waals surface area contributed by atoms with Gasteiger partial charge in [-0.05, 0) is 115 Å².